The van der Waals surface area contributed by atoms with Gasteiger partial charge in [-0.05, 0) is 17.7 Å². The van der Waals surface area contributed by atoms with E-state index in [-0.39, 0.29) is 13.2 Å². The van der Waals surface area contributed by atoms with Gasteiger partial charge in [0, 0.05) is 19.7 Å². The second-order valence-electron chi connectivity index (χ2n) is 5.21. The van der Waals surface area contributed by atoms with Crippen molar-refractivity contribution >= 4 is 0 Å². The van der Waals surface area contributed by atoms with Gasteiger partial charge >= 0.3 is 0 Å². The molecule has 0 spiro atoms. The number of methoxy groups -OCH3 is 1. The topological polar surface area (TPSA) is 60.0 Å². The summed E-state index contributed by atoms with van der Waals surface area (Å²) in [5.41, 5.74) is 1.21. The second-order valence-corrected chi connectivity index (χ2v) is 5.21. The van der Waals surface area contributed by atoms with Crippen molar-refractivity contribution in [1.82, 2.24) is 5.32 Å². The van der Waals surface area contributed by atoms with Gasteiger partial charge in [0.25, 0.3) is 0 Å². The van der Waals surface area contributed by atoms with Crippen molar-refractivity contribution in [3.05, 3.63) is 29.8 Å². The molecule has 0 radical (unpaired) electrons. The third-order valence-electron chi connectivity index (χ3n) is 2.82. The van der Waals surface area contributed by atoms with Crippen LogP contribution in [0.15, 0.2) is 24.3 Å². The van der Waals surface area contributed by atoms with Gasteiger partial charge in [0.15, 0.2) is 0 Å². The van der Waals surface area contributed by atoms with E-state index in [0.717, 1.165) is 12.3 Å². The summed E-state index contributed by atoms with van der Waals surface area (Å²) in [5.74, 6) is 0.749. The normalized spacial score (nSPS) is 12.6. The molecule has 0 fully saturated rings. The lowest BCUT2D eigenvalue weighted by Gasteiger charge is -2.13. The summed E-state index contributed by atoms with van der Waals surface area (Å²) in [6, 6.07) is 8.33. The molecule has 1 unspecified atom stereocenters. The van der Waals surface area contributed by atoms with E-state index >= 15 is 0 Å². The van der Waals surface area contributed by atoms with Crippen LogP contribution in [0, 0.1) is 0 Å². The van der Waals surface area contributed by atoms with Gasteiger partial charge in [0.1, 0.15) is 18.5 Å². The van der Waals surface area contributed by atoms with Crippen LogP contribution in [-0.4, -0.2) is 50.8 Å². The van der Waals surface area contributed by atoms with Gasteiger partial charge in [0.05, 0.1) is 19.8 Å². The molecule has 2 N–H and O–H groups in total. The number of nitrogens with one attached hydrogen (secondary N) is 1. The van der Waals surface area contributed by atoms with Gasteiger partial charge in [0.2, 0.25) is 0 Å². The van der Waals surface area contributed by atoms with E-state index in [1.165, 1.54) is 5.56 Å². The molecule has 5 heteroatoms. The van der Waals surface area contributed by atoms with Crippen LogP contribution in [0.3, 0.4) is 0 Å². The van der Waals surface area contributed by atoms with Gasteiger partial charge in [-0.2, -0.15) is 0 Å². The standard InChI is InChI=1S/C16H27NO4/c1-13(2)17-10-14-4-6-16(7-5-14)21-12-15(18)11-20-9-8-19-3/h4-7,13,15,17-18H,8-12H2,1-3H3. The molecule has 1 aromatic rings. The van der Waals surface area contributed by atoms with E-state index in [1.807, 2.05) is 24.3 Å². The number of hydrogen-bond donors (Lipinski definition) is 2. The quantitative estimate of drug-likeness (QED) is 0.607. The first-order valence-corrected chi connectivity index (χ1v) is 7.31. The van der Waals surface area contributed by atoms with Gasteiger partial charge in [-0.15, -0.1) is 0 Å². The van der Waals surface area contributed by atoms with Crippen molar-refractivity contribution in [2.75, 3.05) is 33.5 Å². The summed E-state index contributed by atoms with van der Waals surface area (Å²) in [7, 11) is 1.61. The first-order valence-electron chi connectivity index (χ1n) is 7.31. The number of benzene rings is 1. The highest BCUT2D eigenvalue weighted by molar-refractivity contribution is 5.27. The fraction of sp³-hybridized carbons (Fsp3) is 0.625. The second kappa shape index (κ2) is 10.6. The Balaban J connectivity index is 2.22. The zero-order valence-electron chi connectivity index (χ0n) is 13.2. The smallest absolute Gasteiger partial charge is 0.119 e. The maximum Gasteiger partial charge on any atom is 0.119 e. The van der Waals surface area contributed by atoms with Crippen molar-refractivity contribution < 1.29 is 19.3 Å². The maximum absolute atomic E-state index is 9.71. The summed E-state index contributed by atoms with van der Waals surface area (Å²) in [4.78, 5) is 0. The third-order valence-corrected chi connectivity index (χ3v) is 2.82. The minimum atomic E-state index is -0.635. The lowest BCUT2D eigenvalue weighted by Crippen LogP contribution is -2.24. The Morgan fingerprint density at radius 2 is 1.81 bits per heavy atom. The first kappa shape index (κ1) is 17.9. The minimum Gasteiger partial charge on any atom is -0.491 e. The Kier molecular flexibility index (Phi) is 9.01. The Morgan fingerprint density at radius 1 is 1.10 bits per heavy atom. The molecule has 0 aliphatic heterocycles. The molecule has 1 atom stereocenters. The fourth-order valence-corrected chi connectivity index (χ4v) is 1.63. The van der Waals surface area contributed by atoms with Crippen molar-refractivity contribution in [1.29, 1.82) is 0 Å². The Bertz CT molecular complexity index is 367. The number of rotatable bonds is 11. The average molecular weight is 297 g/mol. The molecule has 1 aromatic carbocycles. The number of ether oxygens (including phenoxy) is 3. The molecule has 0 saturated heterocycles. The molecule has 5 nitrogen and oxygen atoms in total. The van der Waals surface area contributed by atoms with Crippen LogP contribution in [0.1, 0.15) is 19.4 Å². The number of hydrogen-bond acceptors (Lipinski definition) is 5. The summed E-state index contributed by atoms with van der Waals surface area (Å²) >= 11 is 0. The molecule has 21 heavy (non-hydrogen) atoms. The predicted molar refractivity (Wildman–Crippen MR) is 82.6 cm³/mol. The highest BCUT2D eigenvalue weighted by Crippen LogP contribution is 2.12. The monoisotopic (exact) mass is 297 g/mol. The molecule has 0 heterocycles. The molecule has 0 bridgehead atoms. The van der Waals surface area contributed by atoms with Crippen molar-refractivity contribution in [2.45, 2.75) is 32.5 Å². The van der Waals surface area contributed by atoms with E-state index in [9.17, 15) is 5.11 Å². The van der Waals surface area contributed by atoms with Gasteiger partial charge in [-0.1, -0.05) is 26.0 Å². The van der Waals surface area contributed by atoms with Crippen LogP contribution in [0.25, 0.3) is 0 Å². The average Bonchev–Trinajstić information content (AvgIpc) is 2.48. The van der Waals surface area contributed by atoms with Crippen LogP contribution in [0.5, 0.6) is 5.75 Å². The zero-order chi connectivity index (χ0) is 15.5. The van der Waals surface area contributed by atoms with Crippen LogP contribution in [-0.2, 0) is 16.0 Å². The third kappa shape index (κ3) is 8.67. The molecular formula is C16H27NO4. The predicted octanol–water partition coefficient (Wildman–Crippen LogP) is 1.59. The van der Waals surface area contributed by atoms with Gasteiger partial charge in [-0.25, -0.2) is 0 Å². The number of aliphatic hydroxyl groups is 1. The number of aliphatic hydroxyl groups excluding tert-OH is 1. The largest absolute Gasteiger partial charge is 0.491 e. The van der Waals surface area contributed by atoms with E-state index in [4.69, 9.17) is 14.2 Å². The maximum atomic E-state index is 9.71. The molecular weight excluding hydrogens is 270 g/mol. The molecule has 0 saturated carbocycles. The molecule has 0 aromatic heterocycles. The summed E-state index contributed by atoms with van der Waals surface area (Å²) in [6.07, 6.45) is -0.635. The van der Waals surface area contributed by atoms with Crippen LogP contribution in [0.2, 0.25) is 0 Å². The molecule has 120 valence electrons. The molecule has 0 amide bonds. The summed E-state index contributed by atoms with van der Waals surface area (Å²) < 4.78 is 15.6. The van der Waals surface area contributed by atoms with E-state index < -0.39 is 6.10 Å². The SMILES string of the molecule is COCCOCC(O)COc1ccc(CNC(C)C)cc1. The van der Waals surface area contributed by atoms with Gasteiger partial charge < -0.3 is 24.6 Å². The lowest BCUT2D eigenvalue weighted by molar-refractivity contribution is -0.00419. The summed E-state index contributed by atoms with van der Waals surface area (Å²) in [5, 5.41) is 13.1. The highest BCUT2D eigenvalue weighted by atomic mass is 16.5. The lowest BCUT2D eigenvalue weighted by atomic mass is 10.2. The zero-order valence-corrected chi connectivity index (χ0v) is 13.2. The first-order chi connectivity index (χ1) is 10.1. The van der Waals surface area contributed by atoms with E-state index in [0.29, 0.717) is 19.3 Å². The van der Waals surface area contributed by atoms with Crippen LogP contribution >= 0.6 is 0 Å². The fourth-order valence-electron chi connectivity index (χ4n) is 1.63. The van der Waals surface area contributed by atoms with Crippen LogP contribution in [0.4, 0.5) is 0 Å². The van der Waals surface area contributed by atoms with Crippen molar-refractivity contribution in [2.24, 2.45) is 0 Å². The minimum absolute atomic E-state index is 0.219. The van der Waals surface area contributed by atoms with E-state index in [2.05, 4.69) is 19.2 Å². The van der Waals surface area contributed by atoms with E-state index in [1.54, 1.807) is 7.11 Å². The Hall–Kier alpha value is -1.14. The van der Waals surface area contributed by atoms with Crippen LogP contribution < -0.4 is 10.1 Å². The highest BCUT2D eigenvalue weighted by Gasteiger charge is 2.05. The molecule has 1 rings (SSSR count). The Labute approximate surface area is 127 Å². The summed E-state index contributed by atoms with van der Waals surface area (Å²) in [6.45, 7) is 6.55. The Morgan fingerprint density at radius 3 is 2.43 bits per heavy atom. The van der Waals surface area contributed by atoms with Gasteiger partial charge in [-0.3, -0.25) is 0 Å². The van der Waals surface area contributed by atoms with Crippen molar-refractivity contribution in [3.63, 3.8) is 0 Å². The molecule has 0 aliphatic carbocycles. The molecule has 0 aliphatic rings. The van der Waals surface area contributed by atoms with Crippen molar-refractivity contribution in [3.8, 4) is 5.75 Å².